The number of hydrogen-bond donors (Lipinski definition) is 0. The molecule has 1 nitrogen and oxygen atoms in total. The second-order valence-corrected chi connectivity index (χ2v) is 6.43. The van der Waals surface area contributed by atoms with Gasteiger partial charge < -0.3 is 0 Å². The van der Waals surface area contributed by atoms with Crippen LogP contribution in [0.4, 0.5) is 0 Å². The van der Waals surface area contributed by atoms with Gasteiger partial charge in [0.1, 0.15) is 0 Å². The van der Waals surface area contributed by atoms with Crippen LogP contribution in [0.1, 0.15) is 32.1 Å². The van der Waals surface area contributed by atoms with Crippen LogP contribution < -0.4 is 0 Å². The van der Waals surface area contributed by atoms with E-state index >= 15 is 0 Å². The van der Waals surface area contributed by atoms with Crippen LogP contribution in [0.25, 0.3) is 0 Å². The molecule has 14 heavy (non-hydrogen) atoms. The molecule has 0 aromatic carbocycles. The maximum absolute atomic E-state index is 2.82. The lowest BCUT2D eigenvalue weighted by Crippen LogP contribution is -2.37. The first-order valence-corrected chi connectivity index (χ1v) is 7.41. The first-order valence-electron chi connectivity index (χ1n) is 6.25. The van der Waals surface area contributed by atoms with Crippen LogP contribution in [-0.2, 0) is 0 Å². The second-order valence-electron chi connectivity index (χ2n) is 5.28. The average Bonchev–Trinajstić information content (AvgIpc) is 2.78. The lowest BCUT2D eigenvalue weighted by atomic mass is 10.0. The van der Waals surface area contributed by atoms with Crippen LogP contribution in [-0.4, -0.2) is 35.5 Å². The summed E-state index contributed by atoms with van der Waals surface area (Å²) in [5, 5.41) is 0. The van der Waals surface area contributed by atoms with E-state index in [4.69, 9.17) is 0 Å². The standard InChI is InChI=1S/C12H21NS/c1-3-10-7-13(8-11(10)4-1)12-5-2-6-14-9-12/h10-12H,1-9H2/t10-,11+,12?. The predicted octanol–water partition coefficient (Wildman–Crippen LogP) is 2.61. The van der Waals surface area contributed by atoms with Crippen molar-refractivity contribution in [2.75, 3.05) is 24.6 Å². The zero-order chi connectivity index (χ0) is 9.38. The van der Waals surface area contributed by atoms with E-state index in [-0.39, 0.29) is 0 Å². The van der Waals surface area contributed by atoms with E-state index in [0.717, 1.165) is 17.9 Å². The zero-order valence-electron chi connectivity index (χ0n) is 8.95. The van der Waals surface area contributed by atoms with Crippen molar-refractivity contribution >= 4 is 11.8 Å². The molecule has 2 aliphatic heterocycles. The highest BCUT2D eigenvalue weighted by Gasteiger charge is 2.38. The minimum atomic E-state index is 0.944. The summed E-state index contributed by atoms with van der Waals surface area (Å²) in [6, 6.07) is 0.944. The van der Waals surface area contributed by atoms with Crippen molar-refractivity contribution in [1.29, 1.82) is 0 Å². The molecule has 3 fully saturated rings. The van der Waals surface area contributed by atoms with Gasteiger partial charge in [-0.05, 0) is 43.3 Å². The Labute approximate surface area is 91.6 Å². The summed E-state index contributed by atoms with van der Waals surface area (Å²) in [6.45, 7) is 2.88. The molecule has 0 aromatic heterocycles. The Kier molecular flexibility index (Phi) is 2.76. The quantitative estimate of drug-likeness (QED) is 0.656. The average molecular weight is 211 g/mol. The van der Waals surface area contributed by atoms with Crippen LogP contribution in [0.3, 0.4) is 0 Å². The fourth-order valence-corrected chi connectivity index (χ4v) is 4.77. The Balaban J connectivity index is 1.59. The third-order valence-electron chi connectivity index (χ3n) is 4.41. The minimum absolute atomic E-state index is 0.944. The van der Waals surface area contributed by atoms with Gasteiger partial charge >= 0.3 is 0 Å². The molecule has 1 saturated carbocycles. The maximum Gasteiger partial charge on any atom is 0.0186 e. The van der Waals surface area contributed by atoms with Crippen molar-refractivity contribution in [2.24, 2.45) is 11.8 Å². The Bertz CT molecular complexity index is 188. The fraction of sp³-hybridized carbons (Fsp3) is 1.00. The molecular weight excluding hydrogens is 190 g/mol. The summed E-state index contributed by atoms with van der Waals surface area (Å²) < 4.78 is 0. The minimum Gasteiger partial charge on any atom is -0.299 e. The molecule has 3 aliphatic rings. The Morgan fingerprint density at radius 1 is 0.929 bits per heavy atom. The van der Waals surface area contributed by atoms with Gasteiger partial charge in [-0.15, -0.1) is 0 Å². The lowest BCUT2D eigenvalue weighted by Gasteiger charge is -2.31. The van der Waals surface area contributed by atoms with Gasteiger partial charge in [0.2, 0.25) is 0 Å². The van der Waals surface area contributed by atoms with Crippen LogP contribution in [0, 0.1) is 11.8 Å². The molecule has 2 heterocycles. The van der Waals surface area contributed by atoms with Crippen LogP contribution in [0.15, 0.2) is 0 Å². The van der Waals surface area contributed by atoms with Gasteiger partial charge in [0, 0.05) is 24.9 Å². The molecule has 3 atom stereocenters. The van der Waals surface area contributed by atoms with E-state index in [1.807, 2.05) is 0 Å². The van der Waals surface area contributed by atoms with Gasteiger partial charge in [-0.3, -0.25) is 4.90 Å². The van der Waals surface area contributed by atoms with Gasteiger partial charge in [0.15, 0.2) is 0 Å². The smallest absolute Gasteiger partial charge is 0.0186 e. The van der Waals surface area contributed by atoms with Crippen LogP contribution >= 0.6 is 11.8 Å². The van der Waals surface area contributed by atoms with Crippen molar-refractivity contribution in [3.05, 3.63) is 0 Å². The van der Waals surface area contributed by atoms with Gasteiger partial charge in [-0.25, -0.2) is 0 Å². The van der Waals surface area contributed by atoms with Crippen molar-refractivity contribution in [2.45, 2.75) is 38.1 Å². The molecule has 3 rings (SSSR count). The molecule has 0 radical (unpaired) electrons. The van der Waals surface area contributed by atoms with Gasteiger partial charge in [0.25, 0.3) is 0 Å². The Hall–Kier alpha value is 0.310. The van der Waals surface area contributed by atoms with E-state index < -0.39 is 0 Å². The summed E-state index contributed by atoms with van der Waals surface area (Å²) in [6.07, 6.45) is 7.51. The van der Waals surface area contributed by atoms with Crippen molar-refractivity contribution < 1.29 is 0 Å². The van der Waals surface area contributed by atoms with E-state index in [0.29, 0.717) is 0 Å². The molecular formula is C12H21NS. The highest BCUT2D eigenvalue weighted by atomic mass is 32.2. The van der Waals surface area contributed by atoms with Gasteiger partial charge in [-0.2, -0.15) is 11.8 Å². The molecule has 0 bridgehead atoms. The van der Waals surface area contributed by atoms with Gasteiger partial charge in [0.05, 0.1) is 0 Å². The lowest BCUT2D eigenvalue weighted by molar-refractivity contribution is 0.229. The number of fused-ring (bicyclic) bond motifs is 1. The molecule has 80 valence electrons. The van der Waals surface area contributed by atoms with Crippen molar-refractivity contribution in [1.82, 2.24) is 4.90 Å². The van der Waals surface area contributed by atoms with Gasteiger partial charge in [-0.1, -0.05) is 6.42 Å². The first kappa shape index (κ1) is 9.53. The number of nitrogens with zero attached hydrogens (tertiary/aromatic N) is 1. The van der Waals surface area contributed by atoms with Crippen LogP contribution in [0.5, 0.6) is 0 Å². The molecule has 2 saturated heterocycles. The normalized spacial score (nSPS) is 44.1. The summed E-state index contributed by atoms with van der Waals surface area (Å²) in [4.78, 5) is 2.82. The molecule has 0 amide bonds. The van der Waals surface area contributed by atoms with E-state index in [1.54, 1.807) is 0 Å². The summed E-state index contributed by atoms with van der Waals surface area (Å²) in [5.41, 5.74) is 0. The Morgan fingerprint density at radius 2 is 1.71 bits per heavy atom. The fourth-order valence-electron chi connectivity index (χ4n) is 3.58. The molecule has 2 heteroatoms. The SMILES string of the molecule is C1CSCC(N2C[C@H]3CCC[C@H]3C2)C1. The predicted molar refractivity (Wildman–Crippen MR) is 62.8 cm³/mol. The molecule has 0 aromatic rings. The molecule has 1 unspecified atom stereocenters. The third kappa shape index (κ3) is 1.71. The molecule has 0 N–H and O–H groups in total. The van der Waals surface area contributed by atoms with E-state index in [1.165, 1.54) is 56.7 Å². The number of rotatable bonds is 1. The molecule has 0 spiro atoms. The first-order chi connectivity index (χ1) is 6.93. The number of hydrogen-bond acceptors (Lipinski definition) is 2. The van der Waals surface area contributed by atoms with Crippen molar-refractivity contribution in [3.8, 4) is 0 Å². The Morgan fingerprint density at radius 3 is 2.36 bits per heavy atom. The van der Waals surface area contributed by atoms with E-state index in [2.05, 4.69) is 16.7 Å². The summed E-state index contributed by atoms with van der Waals surface area (Å²) in [7, 11) is 0. The zero-order valence-corrected chi connectivity index (χ0v) is 9.77. The summed E-state index contributed by atoms with van der Waals surface area (Å²) >= 11 is 2.18. The maximum atomic E-state index is 2.82. The number of thioether (sulfide) groups is 1. The van der Waals surface area contributed by atoms with Crippen molar-refractivity contribution in [3.63, 3.8) is 0 Å². The highest BCUT2D eigenvalue weighted by molar-refractivity contribution is 7.99. The summed E-state index contributed by atoms with van der Waals surface area (Å²) in [5.74, 6) is 5.00. The third-order valence-corrected chi connectivity index (χ3v) is 5.61. The number of likely N-dealkylation sites (tertiary alicyclic amines) is 1. The highest BCUT2D eigenvalue weighted by Crippen LogP contribution is 2.39. The van der Waals surface area contributed by atoms with E-state index in [9.17, 15) is 0 Å². The molecule has 1 aliphatic carbocycles. The largest absolute Gasteiger partial charge is 0.299 e. The van der Waals surface area contributed by atoms with Crippen LogP contribution in [0.2, 0.25) is 0 Å². The monoisotopic (exact) mass is 211 g/mol. The second kappa shape index (κ2) is 4.05. The topological polar surface area (TPSA) is 3.24 Å².